The predicted octanol–water partition coefficient (Wildman–Crippen LogP) is 2.99. The van der Waals surface area contributed by atoms with Crippen LogP contribution < -0.4 is 9.64 Å². The third-order valence-electron chi connectivity index (χ3n) is 3.26. The van der Waals surface area contributed by atoms with E-state index in [1.165, 1.54) is 17.8 Å². The highest BCUT2D eigenvalue weighted by Crippen LogP contribution is 2.22. The van der Waals surface area contributed by atoms with E-state index in [2.05, 4.69) is 35.8 Å². The first-order valence-corrected chi connectivity index (χ1v) is 8.23. The second-order valence-corrected chi connectivity index (χ2v) is 6.54. The lowest BCUT2D eigenvalue weighted by Gasteiger charge is -2.32. The average molecular weight is 355 g/mol. The number of hydrogen-bond acceptors (Lipinski definition) is 6. The predicted molar refractivity (Wildman–Crippen MR) is 82.3 cm³/mol. The van der Waals surface area contributed by atoms with Crippen molar-refractivity contribution in [2.24, 2.45) is 5.92 Å². The Hall–Kier alpha value is -1.21. The van der Waals surface area contributed by atoms with Crippen molar-refractivity contribution in [2.75, 3.05) is 24.6 Å². The van der Waals surface area contributed by atoms with Gasteiger partial charge in [-0.05, 0) is 28.8 Å². The van der Waals surface area contributed by atoms with Gasteiger partial charge in [0.15, 0.2) is 0 Å². The molecule has 1 aliphatic heterocycles. The van der Waals surface area contributed by atoms with E-state index in [9.17, 15) is 0 Å². The zero-order chi connectivity index (χ0) is 13.8. The van der Waals surface area contributed by atoms with E-state index in [1.54, 1.807) is 18.6 Å². The van der Waals surface area contributed by atoms with Crippen LogP contribution in [0.25, 0.3) is 0 Å². The van der Waals surface area contributed by atoms with Crippen LogP contribution in [0.15, 0.2) is 28.4 Å². The van der Waals surface area contributed by atoms with Crippen molar-refractivity contribution in [2.45, 2.75) is 12.8 Å². The van der Waals surface area contributed by atoms with Crippen molar-refractivity contribution in [3.8, 4) is 5.19 Å². The van der Waals surface area contributed by atoms with Crippen LogP contribution in [0.1, 0.15) is 12.8 Å². The summed E-state index contributed by atoms with van der Waals surface area (Å²) in [6, 6.07) is 0. The quantitative estimate of drug-likeness (QED) is 0.844. The minimum atomic E-state index is 0.500. The molecular weight excluding hydrogens is 340 g/mol. The first kappa shape index (κ1) is 13.8. The molecule has 2 aromatic heterocycles. The number of anilines is 1. The Bertz CT molecular complexity index is 534. The molecule has 0 radical (unpaired) electrons. The highest BCUT2D eigenvalue weighted by molar-refractivity contribution is 9.10. The van der Waals surface area contributed by atoms with Crippen LogP contribution in [0.4, 0.5) is 5.95 Å². The molecular formula is C13H15BrN4OS. The maximum absolute atomic E-state index is 5.72. The number of rotatable bonds is 4. The smallest absolute Gasteiger partial charge is 0.273 e. The standard InChI is InChI=1S/C13H15BrN4OS/c14-11-6-16-12(17-7-11)18-4-1-2-10(8-18)9-19-13-15-3-5-20-13/h3,5-7,10H,1-2,4,8-9H2. The lowest BCUT2D eigenvalue weighted by Crippen LogP contribution is -2.38. The van der Waals surface area contributed by atoms with Gasteiger partial charge in [-0.15, -0.1) is 0 Å². The van der Waals surface area contributed by atoms with E-state index < -0.39 is 0 Å². The van der Waals surface area contributed by atoms with Gasteiger partial charge >= 0.3 is 0 Å². The summed E-state index contributed by atoms with van der Waals surface area (Å²) in [5.41, 5.74) is 0. The summed E-state index contributed by atoms with van der Waals surface area (Å²) in [6.45, 7) is 2.66. The van der Waals surface area contributed by atoms with E-state index in [4.69, 9.17) is 4.74 Å². The fourth-order valence-electron chi connectivity index (χ4n) is 2.32. The third-order valence-corrected chi connectivity index (χ3v) is 4.35. The minimum absolute atomic E-state index is 0.500. The summed E-state index contributed by atoms with van der Waals surface area (Å²) < 4.78 is 6.63. The molecule has 2 aromatic rings. The Balaban J connectivity index is 1.57. The van der Waals surface area contributed by atoms with Gasteiger partial charge in [-0.25, -0.2) is 15.0 Å². The molecule has 0 spiro atoms. The SMILES string of the molecule is Brc1cnc(N2CCCC(COc3nccs3)C2)nc1. The Morgan fingerprint density at radius 2 is 2.20 bits per heavy atom. The van der Waals surface area contributed by atoms with Gasteiger partial charge in [-0.1, -0.05) is 11.3 Å². The molecule has 1 atom stereocenters. The topological polar surface area (TPSA) is 51.1 Å². The zero-order valence-corrected chi connectivity index (χ0v) is 13.3. The van der Waals surface area contributed by atoms with Crippen LogP contribution in [-0.4, -0.2) is 34.6 Å². The van der Waals surface area contributed by atoms with Crippen molar-refractivity contribution in [1.82, 2.24) is 15.0 Å². The first-order valence-electron chi connectivity index (χ1n) is 6.56. The van der Waals surface area contributed by atoms with E-state index in [-0.39, 0.29) is 0 Å². The molecule has 0 aromatic carbocycles. The molecule has 0 saturated carbocycles. The van der Waals surface area contributed by atoms with Crippen molar-refractivity contribution in [3.63, 3.8) is 0 Å². The summed E-state index contributed by atoms with van der Waals surface area (Å²) >= 11 is 4.89. The summed E-state index contributed by atoms with van der Waals surface area (Å²) in [6.07, 6.45) is 7.67. The van der Waals surface area contributed by atoms with E-state index >= 15 is 0 Å². The number of piperidine rings is 1. The summed E-state index contributed by atoms with van der Waals surface area (Å²) in [7, 11) is 0. The summed E-state index contributed by atoms with van der Waals surface area (Å²) in [5.74, 6) is 1.30. The second kappa shape index (κ2) is 6.49. The molecule has 20 heavy (non-hydrogen) atoms. The molecule has 106 valence electrons. The monoisotopic (exact) mass is 354 g/mol. The zero-order valence-electron chi connectivity index (χ0n) is 10.9. The van der Waals surface area contributed by atoms with Gasteiger partial charge in [0.25, 0.3) is 5.19 Å². The Labute approximate surface area is 130 Å². The molecule has 7 heteroatoms. The normalized spacial score (nSPS) is 19.1. The van der Waals surface area contributed by atoms with Crippen molar-refractivity contribution >= 4 is 33.2 Å². The number of thiazole rings is 1. The van der Waals surface area contributed by atoms with Gasteiger partial charge in [0.1, 0.15) is 0 Å². The number of aromatic nitrogens is 3. The molecule has 3 heterocycles. The van der Waals surface area contributed by atoms with Crippen molar-refractivity contribution in [1.29, 1.82) is 0 Å². The lowest BCUT2D eigenvalue weighted by atomic mass is 9.99. The number of nitrogens with zero attached hydrogens (tertiary/aromatic N) is 4. The van der Waals surface area contributed by atoms with Gasteiger partial charge in [-0.3, -0.25) is 0 Å². The van der Waals surface area contributed by atoms with Crippen molar-refractivity contribution < 1.29 is 4.74 Å². The maximum Gasteiger partial charge on any atom is 0.273 e. The van der Waals surface area contributed by atoms with Crippen LogP contribution in [-0.2, 0) is 0 Å². The van der Waals surface area contributed by atoms with Gasteiger partial charge in [0, 0.05) is 43.0 Å². The molecule has 0 bridgehead atoms. The Morgan fingerprint density at radius 1 is 1.35 bits per heavy atom. The molecule has 1 aliphatic rings. The second-order valence-electron chi connectivity index (χ2n) is 4.76. The Kier molecular flexibility index (Phi) is 4.47. The highest BCUT2D eigenvalue weighted by atomic mass is 79.9. The minimum Gasteiger partial charge on any atom is -0.470 e. The fraction of sp³-hybridized carbons (Fsp3) is 0.462. The van der Waals surface area contributed by atoms with Crippen LogP contribution in [0.3, 0.4) is 0 Å². The van der Waals surface area contributed by atoms with Crippen LogP contribution in [0.5, 0.6) is 5.19 Å². The number of halogens is 1. The third kappa shape index (κ3) is 3.46. The molecule has 0 amide bonds. The van der Waals surface area contributed by atoms with Crippen LogP contribution in [0, 0.1) is 5.92 Å². The summed E-state index contributed by atoms with van der Waals surface area (Å²) in [5, 5.41) is 2.68. The van der Waals surface area contributed by atoms with Gasteiger partial charge < -0.3 is 9.64 Å². The van der Waals surface area contributed by atoms with E-state index in [0.717, 1.165) is 35.1 Å². The number of hydrogen-bond donors (Lipinski definition) is 0. The van der Waals surface area contributed by atoms with Crippen molar-refractivity contribution in [3.05, 3.63) is 28.4 Å². The average Bonchev–Trinajstić information content (AvgIpc) is 3.00. The van der Waals surface area contributed by atoms with Crippen LogP contribution in [0.2, 0.25) is 0 Å². The van der Waals surface area contributed by atoms with Crippen LogP contribution >= 0.6 is 27.3 Å². The molecule has 5 nitrogen and oxygen atoms in total. The van der Waals surface area contributed by atoms with E-state index in [1.807, 2.05) is 5.38 Å². The van der Waals surface area contributed by atoms with E-state index in [0.29, 0.717) is 12.5 Å². The molecule has 0 N–H and O–H groups in total. The highest BCUT2D eigenvalue weighted by Gasteiger charge is 2.22. The molecule has 0 aliphatic carbocycles. The van der Waals surface area contributed by atoms with Gasteiger partial charge in [0.05, 0.1) is 11.1 Å². The number of ether oxygens (including phenoxy) is 1. The fourth-order valence-corrected chi connectivity index (χ4v) is 3.02. The molecule has 1 fully saturated rings. The lowest BCUT2D eigenvalue weighted by molar-refractivity contribution is 0.227. The molecule has 1 unspecified atom stereocenters. The van der Waals surface area contributed by atoms with Gasteiger partial charge in [0.2, 0.25) is 5.95 Å². The maximum atomic E-state index is 5.72. The summed E-state index contributed by atoms with van der Waals surface area (Å²) in [4.78, 5) is 15.1. The molecule has 3 rings (SSSR count). The molecule has 1 saturated heterocycles. The Morgan fingerprint density at radius 3 is 2.95 bits per heavy atom. The van der Waals surface area contributed by atoms with Gasteiger partial charge in [-0.2, -0.15) is 0 Å². The largest absolute Gasteiger partial charge is 0.470 e. The first-order chi connectivity index (χ1) is 9.81.